The fourth-order valence-electron chi connectivity index (χ4n) is 4.82. The van der Waals surface area contributed by atoms with Gasteiger partial charge in [0.2, 0.25) is 0 Å². The van der Waals surface area contributed by atoms with Gasteiger partial charge >= 0.3 is 6.36 Å². The first-order valence-electron chi connectivity index (χ1n) is 11.6. The maximum atomic E-state index is 13.4. The summed E-state index contributed by atoms with van der Waals surface area (Å²) >= 11 is 0.753. The highest BCUT2D eigenvalue weighted by atomic mass is 32.2. The number of nitrogens with one attached hydrogen (secondary N) is 1. The highest BCUT2D eigenvalue weighted by Gasteiger charge is 2.39. The topological polar surface area (TPSA) is 58.6 Å². The van der Waals surface area contributed by atoms with Gasteiger partial charge in [0, 0.05) is 30.9 Å². The molecule has 0 bridgehead atoms. The van der Waals surface area contributed by atoms with Crippen LogP contribution in [0.25, 0.3) is 17.2 Å². The zero-order valence-electron chi connectivity index (χ0n) is 21.1. The summed E-state index contributed by atoms with van der Waals surface area (Å²) in [7, 11) is 3.71. The Morgan fingerprint density at radius 2 is 1.58 bits per heavy atom. The number of hydrogen-bond acceptors (Lipinski definition) is 5. The van der Waals surface area contributed by atoms with Crippen molar-refractivity contribution in [3.63, 3.8) is 0 Å². The molecule has 0 radical (unpaired) electrons. The van der Waals surface area contributed by atoms with Gasteiger partial charge < -0.3 is 9.64 Å². The van der Waals surface area contributed by atoms with Crippen LogP contribution in [0.5, 0.6) is 5.75 Å². The van der Waals surface area contributed by atoms with Crippen LogP contribution in [0.4, 0.5) is 23.7 Å². The maximum absolute atomic E-state index is 13.4. The van der Waals surface area contributed by atoms with Crippen LogP contribution in [0.2, 0.25) is 0 Å². The van der Waals surface area contributed by atoms with Crippen molar-refractivity contribution in [3.8, 4) is 16.9 Å². The molecule has 2 aromatic rings. The third-order valence-corrected chi connectivity index (χ3v) is 7.72. The Hall–Kier alpha value is -2.94. The van der Waals surface area contributed by atoms with E-state index < -0.39 is 17.5 Å². The van der Waals surface area contributed by atoms with Crippen molar-refractivity contribution in [2.45, 2.75) is 57.7 Å². The lowest BCUT2D eigenvalue weighted by molar-refractivity contribution is -0.274. The molecule has 0 unspecified atom stereocenters. The van der Waals surface area contributed by atoms with Gasteiger partial charge in [-0.15, -0.1) is 13.2 Å². The molecule has 1 saturated heterocycles. The Bertz CT molecular complexity index is 1280. The summed E-state index contributed by atoms with van der Waals surface area (Å²) in [5.41, 5.74) is 4.14. The second-order valence-electron chi connectivity index (χ2n) is 10.7. The van der Waals surface area contributed by atoms with E-state index in [1.807, 2.05) is 25.1 Å². The third-order valence-electron chi connectivity index (χ3n) is 6.91. The van der Waals surface area contributed by atoms with Gasteiger partial charge in [-0.2, -0.15) is 0 Å². The summed E-state index contributed by atoms with van der Waals surface area (Å²) < 4.78 is 44.6. The lowest BCUT2D eigenvalue weighted by atomic mass is 9.62. The standard InChI is InChI=1S/C27H29F3N2O3S/c1-25(2)9-10-26(3,4)19-14-20(32(5)6)16(13-18(19)25)17-11-15(7-8-21(17)35-27(28,29)30)12-22-23(33)31-24(34)36-22/h7-8,11-14H,9-10H2,1-6H3,(H,31,33,34)/b22-12-. The largest absolute Gasteiger partial charge is 0.573 e. The van der Waals surface area contributed by atoms with Gasteiger partial charge in [-0.25, -0.2) is 0 Å². The van der Waals surface area contributed by atoms with Gasteiger partial charge in [-0.3, -0.25) is 14.9 Å². The van der Waals surface area contributed by atoms with Crippen LogP contribution in [-0.4, -0.2) is 31.6 Å². The molecule has 9 heteroatoms. The van der Waals surface area contributed by atoms with Crippen molar-refractivity contribution in [1.82, 2.24) is 5.32 Å². The van der Waals surface area contributed by atoms with Crippen LogP contribution >= 0.6 is 11.8 Å². The smallest absolute Gasteiger partial charge is 0.405 e. The molecule has 1 fully saturated rings. The molecule has 2 aromatic carbocycles. The number of carbonyl (C=O) groups is 2. The minimum atomic E-state index is -4.88. The predicted octanol–water partition coefficient (Wildman–Crippen LogP) is 6.99. The Kier molecular flexibility index (Phi) is 6.44. The molecule has 0 atom stereocenters. The van der Waals surface area contributed by atoms with E-state index in [-0.39, 0.29) is 27.0 Å². The average Bonchev–Trinajstić information content (AvgIpc) is 3.07. The van der Waals surface area contributed by atoms with Crippen molar-refractivity contribution >= 4 is 34.7 Å². The first-order chi connectivity index (χ1) is 16.6. The SMILES string of the molecule is CN(C)c1cc2c(cc1-c1cc(/C=C3\SC(=O)NC3=O)ccc1OC(F)(F)F)C(C)(C)CCC2(C)C. The fourth-order valence-corrected chi connectivity index (χ4v) is 5.50. The third kappa shape index (κ3) is 5.12. The van der Waals surface area contributed by atoms with Crippen molar-refractivity contribution in [2.75, 3.05) is 19.0 Å². The highest BCUT2D eigenvalue weighted by Crippen LogP contribution is 2.50. The van der Waals surface area contributed by atoms with E-state index in [2.05, 4.69) is 43.8 Å². The number of ether oxygens (including phenoxy) is 1. The first-order valence-corrected chi connectivity index (χ1v) is 12.4. The van der Waals surface area contributed by atoms with Gasteiger partial charge in [0.25, 0.3) is 11.1 Å². The number of fused-ring (bicyclic) bond motifs is 1. The van der Waals surface area contributed by atoms with Crippen molar-refractivity contribution in [3.05, 3.63) is 51.9 Å². The van der Waals surface area contributed by atoms with E-state index in [1.54, 1.807) is 6.07 Å². The van der Waals surface area contributed by atoms with Gasteiger partial charge in [-0.1, -0.05) is 33.8 Å². The van der Waals surface area contributed by atoms with Crippen LogP contribution in [0.15, 0.2) is 35.2 Å². The molecule has 0 spiro atoms. The molecule has 1 aliphatic carbocycles. The molecule has 5 nitrogen and oxygen atoms in total. The number of imide groups is 1. The van der Waals surface area contributed by atoms with E-state index in [0.29, 0.717) is 11.1 Å². The molecule has 0 saturated carbocycles. The number of rotatable bonds is 4. The van der Waals surface area contributed by atoms with Gasteiger partial charge in [0.15, 0.2) is 0 Å². The van der Waals surface area contributed by atoms with Crippen LogP contribution in [0.1, 0.15) is 57.2 Å². The van der Waals surface area contributed by atoms with Crippen LogP contribution < -0.4 is 15.0 Å². The predicted molar refractivity (Wildman–Crippen MR) is 137 cm³/mol. The van der Waals surface area contributed by atoms with E-state index in [1.165, 1.54) is 23.8 Å². The number of amides is 2. The number of anilines is 1. The fraction of sp³-hybridized carbons (Fsp3) is 0.407. The molecular formula is C27H29F3N2O3S. The number of carbonyl (C=O) groups excluding carboxylic acids is 2. The number of alkyl halides is 3. The molecule has 36 heavy (non-hydrogen) atoms. The lowest BCUT2D eigenvalue weighted by Gasteiger charge is -2.43. The summed E-state index contributed by atoms with van der Waals surface area (Å²) in [4.78, 5) is 25.7. The molecule has 2 amide bonds. The maximum Gasteiger partial charge on any atom is 0.573 e. The van der Waals surface area contributed by atoms with Crippen LogP contribution in [0, 0.1) is 0 Å². The Balaban J connectivity index is 1.97. The van der Waals surface area contributed by atoms with Crippen LogP contribution in [0.3, 0.4) is 0 Å². The monoisotopic (exact) mass is 518 g/mol. The minimum absolute atomic E-state index is 0.0781. The average molecular weight is 519 g/mol. The van der Waals surface area contributed by atoms with E-state index in [4.69, 9.17) is 0 Å². The van der Waals surface area contributed by atoms with Crippen molar-refractivity contribution in [1.29, 1.82) is 0 Å². The second kappa shape index (κ2) is 8.87. The molecule has 1 N–H and O–H groups in total. The molecule has 4 rings (SSSR count). The first kappa shape index (κ1) is 26.1. The van der Waals surface area contributed by atoms with Gasteiger partial charge in [0.1, 0.15) is 5.75 Å². The number of thioether (sulfide) groups is 1. The Morgan fingerprint density at radius 3 is 2.11 bits per heavy atom. The number of nitrogens with zero attached hydrogens (tertiary/aromatic N) is 1. The van der Waals surface area contributed by atoms with Crippen molar-refractivity contribution < 1.29 is 27.5 Å². The van der Waals surface area contributed by atoms with E-state index >= 15 is 0 Å². The zero-order chi connectivity index (χ0) is 26.6. The summed E-state index contributed by atoms with van der Waals surface area (Å²) in [6.07, 6.45) is -1.43. The molecule has 2 aliphatic rings. The minimum Gasteiger partial charge on any atom is -0.405 e. The summed E-state index contributed by atoms with van der Waals surface area (Å²) in [6.45, 7) is 8.69. The summed E-state index contributed by atoms with van der Waals surface area (Å²) in [5, 5.41) is 1.70. The van der Waals surface area contributed by atoms with E-state index in [9.17, 15) is 22.8 Å². The second-order valence-corrected chi connectivity index (χ2v) is 11.7. The zero-order valence-corrected chi connectivity index (χ0v) is 21.9. The van der Waals surface area contributed by atoms with Gasteiger partial charge in [-0.05, 0) is 82.5 Å². The van der Waals surface area contributed by atoms with Crippen LogP contribution in [-0.2, 0) is 15.6 Å². The number of hydrogen-bond donors (Lipinski definition) is 1. The van der Waals surface area contributed by atoms with Crippen molar-refractivity contribution in [2.24, 2.45) is 0 Å². The molecular weight excluding hydrogens is 489 g/mol. The number of halogens is 3. The Labute approximate surface area is 213 Å². The summed E-state index contributed by atoms with van der Waals surface area (Å²) in [5.74, 6) is -0.867. The summed E-state index contributed by atoms with van der Waals surface area (Å²) in [6, 6.07) is 8.33. The molecule has 1 aliphatic heterocycles. The van der Waals surface area contributed by atoms with Gasteiger partial charge in [0.05, 0.1) is 4.91 Å². The Morgan fingerprint density at radius 1 is 0.972 bits per heavy atom. The highest BCUT2D eigenvalue weighted by molar-refractivity contribution is 8.18. The molecule has 192 valence electrons. The lowest BCUT2D eigenvalue weighted by Crippen LogP contribution is -2.34. The van der Waals surface area contributed by atoms with E-state index in [0.717, 1.165) is 35.9 Å². The molecule has 0 aromatic heterocycles. The quantitative estimate of drug-likeness (QED) is 0.442. The molecule has 1 heterocycles. The number of benzene rings is 2. The normalized spacial score (nSPS) is 19.8.